The number of aliphatic imine (C=N–C) groups is 1. The normalized spacial score (nSPS) is 23.5. The summed E-state index contributed by atoms with van der Waals surface area (Å²) in [5.41, 5.74) is 1.07. The Kier molecular flexibility index (Phi) is 5.18. The van der Waals surface area contributed by atoms with Crippen molar-refractivity contribution in [2.75, 3.05) is 0 Å². The molecule has 0 amide bonds. The molecule has 3 nitrogen and oxygen atoms in total. The van der Waals surface area contributed by atoms with Gasteiger partial charge in [0, 0.05) is 24.7 Å². The molecule has 2 saturated carbocycles. The van der Waals surface area contributed by atoms with Crippen LogP contribution in [0.15, 0.2) is 21.8 Å². The molecule has 1 aromatic rings. The summed E-state index contributed by atoms with van der Waals surface area (Å²) in [6.07, 6.45) is 11.5. The molecule has 0 aliphatic heterocycles. The predicted octanol–water partition coefficient (Wildman–Crippen LogP) is 4.69. The van der Waals surface area contributed by atoms with Gasteiger partial charge in [0.2, 0.25) is 0 Å². The lowest BCUT2D eigenvalue weighted by Gasteiger charge is -2.40. The SMILES string of the molecule is CC(CC=NC1(C#N)CC1)(NCc1ccsc1)C1CCCCC1. The van der Waals surface area contributed by atoms with Crippen LogP contribution in [0.25, 0.3) is 0 Å². The van der Waals surface area contributed by atoms with Gasteiger partial charge < -0.3 is 5.32 Å². The quantitative estimate of drug-likeness (QED) is 0.737. The number of rotatable bonds is 7. The average molecular weight is 330 g/mol. The predicted molar refractivity (Wildman–Crippen MR) is 96.8 cm³/mol. The Morgan fingerprint density at radius 1 is 1.43 bits per heavy atom. The Morgan fingerprint density at radius 2 is 2.22 bits per heavy atom. The van der Waals surface area contributed by atoms with Crippen LogP contribution in [0.1, 0.15) is 63.9 Å². The lowest BCUT2D eigenvalue weighted by atomic mass is 9.74. The van der Waals surface area contributed by atoms with Gasteiger partial charge in [0.1, 0.15) is 5.54 Å². The molecule has 23 heavy (non-hydrogen) atoms. The van der Waals surface area contributed by atoms with E-state index in [1.807, 2.05) is 6.21 Å². The molecule has 4 heteroatoms. The summed E-state index contributed by atoms with van der Waals surface area (Å²) in [7, 11) is 0. The fourth-order valence-corrected chi connectivity index (χ4v) is 4.29. The van der Waals surface area contributed by atoms with E-state index < -0.39 is 0 Å². The zero-order valence-corrected chi connectivity index (χ0v) is 14.9. The molecule has 2 aliphatic rings. The first-order valence-corrected chi connectivity index (χ1v) is 9.81. The average Bonchev–Trinajstić information content (AvgIpc) is 3.17. The molecule has 2 aliphatic carbocycles. The first kappa shape index (κ1) is 16.7. The largest absolute Gasteiger partial charge is 0.307 e. The van der Waals surface area contributed by atoms with E-state index in [0.29, 0.717) is 5.92 Å². The molecular weight excluding hydrogens is 302 g/mol. The maximum atomic E-state index is 9.18. The fourth-order valence-electron chi connectivity index (χ4n) is 3.62. The Hall–Kier alpha value is -1.18. The summed E-state index contributed by atoms with van der Waals surface area (Å²) in [4.78, 5) is 4.59. The van der Waals surface area contributed by atoms with Gasteiger partial charge in [0.25, 0.3) is 0 Å². The van der Waals surface area contributed by atoms with E-state index in [-0.39, 0.29) is 11.1 Å². The molecule has 1 atom stereocenters. The lowest BCUT2D eigenvalue weighted by Crippen LogP contribution is -2.49. The van der Waals surface area contributed by atoms with Crippen LogP contribution in [0.3, 0.4) is 0 Å². The van der Waals surface area contributed by atoms with Crippen molar-refractivity contribution >= 4 is 17.6 Å². The van der Waals surface area contributed by atoms with E-state index in [4.69, 9.17) is 0 Å². The van der Waals surface area contributed by atoms with Gasteiger partial charge >= 0.3 is 0 Å². The van der Waals surface area contributed by atoms with Gasteiger partial charge in [0.05, 0.1) is 6.07 Å². The number of nitriles is 1. The summed E-state index contributed by atoms with van der Waals surface area (Å²) in [6, 6.07) is 4.55. The zero-order valence-electron chi connectivity index (χ0n) is 14.1. The molecule has 0 spiro atoms. The maximum absolute atomic E-state index is 9.18. The van der Waals surface area contributed by atoms with Crippen molar-refractivity contribution in [2.24, 2.45) is 10.9 Å². The van der Waals surface area contributed by atoms with Gasteiger partial charge in [-0.2, -0.15) is 16.6 Å². The van der Waals surface area contributed by atoms with Gasteiger partial charge in [-0.1, -0.05) is 19.3 Å². The summed E-state index contributed by atoms with van der Waals surface area (Å²) in [6.45, 7) is 3.28. The first-order valence-electron chi connectivity index (χ1n) is 8.87. The highest BCUT2D eigenvalue weighted by Crippen LogP contribution is 2.39. The first-order chi connectivity index (χ1) is 11.2. The molecule has 0 radical (unpaired) electrons. The number of nitrogens with zero attached hydrogens (tertiary/aromatic N) is 2. The molecule has 3 rings (SSSR count). The van der Waals surface area contributed by atoms with Crippen LogP contribution in [0.4, 0.5) is 0 Å². The van der Waals surface area contributed by atoms with Crippen molar-refractivity contribution < 1.29 is 0 Å². The number of thiophene rings is 1. The molecular formula is C19H27N3S. The summed E-state index contributed by atoms with van der Waals surface area (Å²) in [5, 5.41) is 17.4. The highest BCUT2D eigenvalue weighted by Gasteiger charge is 2.43. The third kappa shape index (κ3) is 4.22. The summed E-state index contributed by atoms with van der Waals surface area (Å²) >= 11 is 1.76. The monoisotopic (exact) mass is 329 g/mol. The van der Waals surface area contributed by atoms with Gasteiger partial charge in [0.15, 0.2) is 0 Å². The second-order valence-electron chi connectivity index (χ2n) is 7.40. The standard InChI is InChI=1S/C19H27N3S/c1-18(17-5-3-2-4-6-17,22-13-16-7-12-23-14-16)10-11-21-19(15-20)8-9-19/h7,11-12,14,17,22H,2-6,8-10,13H2,1H3. The second kappa shape index (κ2) is 7.15. The molecule has 0 saturated heterocycles. The van der Waals surface area contributed by atoms with Crippen LogP contribution < -0.4 is 5.32 Å². The van der Waals surface area contributed by atoms with Crippen LogP contribution in [0.5, 0.6) is 0 Å². The molecule has 1 aromatic heterocycles. The zero-order chi connectivity index (χ0) is 16.2. The maximum Gasteiger partial charge on any atom is 0.146 e. The van der Waals surface area contributed by atoms with E-state index in [2.05, 4.69) is 40.1 Å². The minimum Gasteiger partial charge on any atom is -0.307 e. The molecule has 124 valence electrons. The van der Waals surface area contributed by atoms with Gasteiger partial charge in [-0.05, 0) is 60.9 Å². The van der Waals surface area contributed by atoms with Gasteiger partial charge in [-0.3, -0.25) is 4.99 Å². The highest BCUT2D eigenvalue weighted by molar-refractivity contribution is 7.07. The van der Waals surface area contributed by atoms with Crippen LogP contribution in [0, 0.1) is 17.2 Å². The van der Waals surface area contributed by atoms with E-state index >= 15 is 0 Å². The third-order valence-corrected chi connectivity index (χ3v) is 6.30. The summed E-state index contributed by atoms with van der Waals surface area (Å²) in [5.74, 6) is 0.707. The van der Waals surface area contributed by atoms with Crippen molar-refractivity contribution in [1.29, 1.82) is 5.26 Å². The van der Waals surface area contributed by atoms with Gasteiger partial charge in [-0.15, -0.1) is 0 Å². The second-order valence-corrected chi connectivity index (χ2v) is 8.18. The Balaban J connectivity index is 1.65. The Bertz CT molecular complexity index is 562. The number of nitrogens with one attached hydrogen (secondary N) is 1. The van der Waals surface area contributed by atoms with Crippen LogP contribution in [-0.2, 0) is 6.54 Å². The minimum atomic E-state index is -0.374. The smallest absolute Gasteiger partial charge is 0.146 e. The molecule has 1 unspecified atom stereocenters. The van der Waals surface area contributed by atoms with Crippen molar-refractivity contribution in [2.45, 2.75) is 75.9 Å². The van der Waals surface area contributed by atoms with Crippen molar-refractivity contribution in [3.63, 3.8) is 0 Å². The molecule has 2 fully saturated rings. The van der Waals surface area contributed by atoms with E-state index in [1.165, 1.54) is 37.7 Å². The van der Waals surface area contributed by atoms with E-state index in [9.17, 15) is 5.26 Å². The third-order valence-electron chi connectivity index (χ3n) is 5.57. The molecule has 1 N–H and O–H groups in total. The topological polar surface area (TPSA) is 48.2 Å². The van der Waals surface area contributed by atoms with Crippen molar-refractivity contribution in [3.8, 4) is 6.07 Å². The Morgan fingerprint density at radius 3 is 2.83 bits per heavy atom. The number of hydrogen-bond donors (Lipinski definition) is 1. The van der Waals surface area contributed by atoms with Crippen LogP contribution >= 0.6 is 11.3 Å². The van der Waals surface area contributed by atoms with Crippen molar-refractivity contribution in [1.82, 2.24) is 5.32 Å². The van der Waals surface area contributed by atoms with E-state index in [1.54, 1.807) is 11.3 Å². The highest BCUT2D eigenvalue weighted by atomic mass is 32.1. The Labute approximate surface area is 143 Å². The van der Waals surface area contributed by atoms with Gasteiger partial charge in [-0.25, -0.2) is 0 Å². The lowest BCUT2D eigenvalue weighted by molar-refractivity contribution is 0.182. The molecule has 1 heterocycles. The van der Waals surface area contributed by atoms with Crippen molar-refractivity contribution in [3.05, 3.63) is 22.4 Å². The molecule has 0 aromatic carbocycles. The summed E-state index contributed by atoms with van der Waals surface area (Å²) < 4.78 is 0. The fraction of sp³-hybridized carbons (Fsp3) is 0.684. The van der Waals surface area contributed by atoms with Crippen LogP contribution in [-0.4, -0.2) is 17.3 Å². The number of hydrogen-bond acceptors (Lipinski definition) is 4. The molecule has 0 bridgehead atoms. The van der Waals surface area contributed by atoms with Crippen LogP contribution in [0.2, 0.25) is 0 Å². The minimum absolute atomic E-state index is 0.0807. The van der Waals surface area contributed by atoms with E-state index in [0.717, 1.165) is 25.8 Å².